The van der Waals surface area contributed by atoms with Crippen LogP contribution >= 0.6 is 15.9 Å². The Balaban J connectivity index is 1.59. The second-order valence-electron chi connectivity index (χ2n) is 9.53. The molecule has 1 fully saturated rings. The van der Waals surface area contributed by atoms with Crippen molar-refractivity contribution in [3.8, 4) is 0 Å². The van der Waals surface area contributed by atoms with Crippen molar-refractivity contribution in [1.82, 2.24) is 0 Å². The number of carbonyl (C=O) groups is 3. The van der Waals surface area contributed by atoms with Crippen molar-refractivity contribution < 1.29 is 38.4 Å². The molecule has 0 aromatic heterocycles. The molecule has 8 nitrogen and oxygen atoms in total. The summed E-state index contributed by atoms with van der Waals surface area (Å²) in [7, 11) is 0. The highest BCUT2D eigenvalue weighted by Gasteiger charge is 2.59. The van der Waals surface area contributed by atoms with Crippen LogP contribution in [0, 0.1) is 20.8 Å². The quantitative estimate of drug-likeness (QED) is 0.226. The average Bonchev–Trinajstić information content (AvgIpc) is 3.19. The maximum Gasteiger partial charge on any atom is 0.338 e. The van der Waals surface area contributed by atoms with Crippen molar-refractivity contribution in [3.63, 3.8) is 0 Å². The molecular formula is C30H29BrO8. The lowest BCUT2D eigenvalue weighted by molar-refractivity contribution is -0.213. The summed E-state index contributed by atoms with van der Waals surface area (Å²) < 4.78 is 22.7. The molecule has 39 heavy (non-hydrogen) atoms. The van der Waals surface area contributed by atoms with Crippen LogP contribution in [-0.4, -0.2) is 59.1 Å². The Kier molecular flexibility index (Phi) is 8.84. The summed E-state index contributed by atoms with van der Waals surface area (Å²) >= 11 is 3.21. The van der Waals surface area contributed by atoms with Gasteiger partial charge >= 0.3 is 17.9 Å². The van der Waals surface area contributed by atoms with Gasteiger partial charge in [-0.05, 0) is 57.2 Å². The Bertz CT molecular complexity index is 1320. The average molecular weight is 597 g/mol. The Hall–Kier alpha value is -3.53. The molecule has 1 aliphatic rings. The first kappa shape index (κ1) is 28.5. The van der Waals surface area contributed by atoms with Crippen molar-refractivity contribution in [2.24, 2.45) is 0 Å². The first-order valence-corrected chi connectivity index (χ1v) is 13.5. The Morgan fingerprint density at radius 2 is 1.15 bits per heavy atom. The van der Waals surface area contributed by atoms with E-state index in [1.165, 1.54) is 0 Å². The number of rotatable bonds is 8. The van der Waals surface area contributed by atoms with Gasteiger partial charge in [-0.3, -0.25) is 0 Å². The number of hydrogen-bond acceptors (Lipinski definition) is 8. The van der Waals surface area contributed by atoms with Gasteiger partial charge in [-0.2, -0.15) is 0 Å². The van der Waals surface area contributed by atoms with E-state index in [2.05, 4.69) is 15.9 Å². The smallest absolute Gasteiger partial charge is 0.338 e. The summed E-state index contributed by atoms with van der Waals surface area (Å²) in [6.07, 6.45) is -3.85. The van der Waals surface area contributed by atoms with Crippen LogP contribution < -0.4 is 0 Å². The van der Waals surface area contributed by atoms with E-state index in [1.807, 2.05) is 20.8 Å². The minimum atomic E-state index is -2.07. The lowest BCUT2D eigenvalue weighted by Crippen LogP contribution is -2.49. The van der Waals surface area contributed by atoms with Gasteiger partial charge in [-0.25, -0.2) is 14.4 Å². The molecule has 3 aromatic carbocycles. The molecule has 1 N–H and O–H groups in total. The van der Waals surface area contributed by atoms with Crippen molar-refractivity contribution in [3.05, 3.63) is 106 Å². The predicted octanol–water partition coefficient (Wildman–Crippen LogP) is 4.70. The third kappa shape index (κ3) is 6.73. The van der Waals surface area contributed by atoms with Crippen LogP contribution in [0.15, 0.2) is 72.8 Å². The minimum Gasteiger partial charge on any atom is -0.459 e. The lowest BCUT2D eigenvalue weighted by atomic mass is 10.1. The first-order valence-electron chi connectivity index (χ1n) is 12.3. The molecule has 204 valence electrons. The molecule has 0 saturated carbocycles. The summed E-state index contributed by atoms with van der Waals surface area (Å²) in [5.41, 5.74) is 3.71. The topological polar surface area (TPSA) is 108 Å². The van der Waals surface area contributed by atoms with Crippen molar-refractivity contribution in [2.45, 2.75) is 44.9 Å². The summed E-state index contributed by atoms with van der Waals surface area (Å²) in [4.78, 5) is 38.7. The highest BCUT2D eigenvalue weighted by atomic mass is 79.9. The Labute approximate surface area is 235 Å². The van der Waals surface area contributed by atoms with Gasteiger partial charge in [0.1, 0.15) is 12.7 Å². The largest absolute Gasteiger partial charge is 0.459 e. The van der Waals surface area contributed by atoms with Gasteiger partial charge in [-0.1, -0.05) is 69.0 Å². The van der Waals surface area contributed by atoms with Gasteiger partial charge in [0.15, 0.2) is 12.2 Å². The molecular weight excluding hydrogens is 568 g/mol. The van der Waals surface area contributed by atoms with Crippen LogP contribution in [0.4, 0.5) is 0 Å². The predicted molar refractivity (Wildman–Crippen MR) is 146 cm³/mol. The maximum absolute atomic E-state index is 13.1. The highest BCUT2D eigenvalue weighted by molar-refractivity contribution is 9.09. The molecule has 0 amide bonds. The molecule has 4 atom stereocenters. The zero-order chi connectivity index (χ0) is 28.2. The molecule has 9 heteroatoms. The molecule has 0 aliphatic carbocycles. The number of benzene rings is 3. The summed E-state index contributed by atoms with van der Waals surface area (Å²) in [6, 6.07) is 20.2. The van der Waals surface area contributed by atoms with E-state index in [-0.39, 0.29) is 23.1 Å². The normalized spacial score (nSPS) is 22.2. The van der Waals surface area contributed by atoms with Gasteiger partial charge in [0.05, 0.1) is 22.0 Å². The molecule has 0 bridgehead atoms. The molecule has 4 rings (SSSR count). The number of aryl methyl sites for hydroxylation is 3. The van der Waals surface area contributed by atoms with Crippen LogP contribution in [0.5, 0.6) is 0 Å². The SMILES string of the molecule is Cc1ccc(C(=O)OC[C@H]2O[C@](O)(CBr)[C@@H](OC(=O)c3ccc(C)cc3)[C@H]2OC(=O)c2ccc(C)cc2)cc1. The van der Waals surface area contributed by atoms with Crippen LogP contribution in [0.2, 0.25) is 0 Å². The second-order valence-corrected chi connectivity index (χ2v) is 10.1. The van der Waals surface area contributed by atoms with Gasteiger partial charge in [0.25, 0.3) is 0 Å². The second kappa shape index (κ2) is 12.1. The molecule has 0 spiro atoms. The molecule has 1 heterocycles. The summed E-state index contributed by atoms with van der Waals surface area (Å²) in [6.45, 7) is 5.29. The third-order valence-electron chi connectivity index (χ3n) is 6.37. The summed E-state index contributed by atoms with van der Waals surface area (Å²) in [5, 5.41) is 11.1. The van der Waals surface area contributed by atoms with E-state index in [9.17, 15) is 19.5 Å². The molecule has 1 aliphatic heterocycles. The van der Waals surface area contributed by atoms with Gasteiger partial charge in [-0.15, -0.1) is 0 Å². The van der Waals surface area contributed by atoms with E-state index in [0.29, 0.717) is 5.56 Å². The van der Waals surface area contributed by atoms with Crippen LogP contribution in [0.1, 0.15) is 47.8 Å². The monoisotopic (exact) mass is 596 g/mol. The van der Waals surface area contributed by atoms with Gasteiger partial charge < -0.3 is 24.1 Å². The van der Waals surface area contributed by atoms with E-state index in [0.717, 1.165) is 16.7 Å². The fraction of sp³-hybridized carbons (Fsp3) is 0.300. The molecule has 0 unspecified atom stereocenters. The number of alkyl halides is 1. The van der Waals surface area contributed by atoms with E-state index in [4.69, 9.17) is 18.9 Å². The fourth-order valence-electron chi connectivity index (χ4n) is 4.07. The van der Waals surface area contributed by atoms with E-state index < -0.39 is 42.0 Å². The first-order chi connectivity index (χ1) is 18.6. The van der Waals surface area contributed by atoms with Crippen LogP contribution in [0.3, 0.4) is 0 Å². The number of hydrogen-bond donors (Lipinski definition) is 1. The van der Waals surface area contributed by atoms with Gasteiger partial charge in [0.2, 0.25) is 5.79 Å². The van der Waals surface area contributed by atoms with E-state index >= 15 is 0 Å². The number of aliphatic hydroxyl groups is 1. The zero-order valence-electron chi connectivity index (χ0n) is 21.8. The van der Waals surface area contributed by atoms with Crippen molar-refractivity contribution in [1.29, 1.82) is 0 Å². The zero-order valence-corrected chi connectivity index (χ0v) is 23.3. The summed E-state index contributed by atoms with van der Waals surface area (Å²) in [5.74, 6) is -4.14. The minimum absolute atomic E-state index is 0.174. The number of halogens is 1. The molecule has 1 saturated heterocycles. The fourth-order valence-corrected chi connectivity index (χ4v) is 4.52. The maximum atomic E-state index is 13.1. The van der Waals surface area contributed by atoms with Crippen molar-refractivity contribution in [2.75, 3.05) is 11.9 Å². The standard InChI is InChI=1S/C30H29BrO8/c1-18-4-10-21(11-5-18)27(32)36-16-24-25(37-28(33)22-12-6-19(2)7-13-22)26(30(35,17-31)39-24)38-29(34)23-14-8-20(3)9-15-23/h4-15,24-26,35H,16-17H2,1-3H3/t24-,25+,26+,30-/m1/s1. The number of esters is 3. The number of carbonyl (C=O) groups excluding carboxylic acids is 3. The Morgan fingerprint density at radius 1 is 0.744 bits per heavy atom. The van der Waals surface area contributed by atoms with Crippen LogP contribution in [-0.2, 0) is 18.9 Å². The molecule has 0 radical (unpaired) electrons. The van der Waals surface area contributed by atoms with Gasteiger partial charge in [0, 0.05) is 0 Å². The van der Waals surface area contributed by atoms with Crippen LogP contribution in [0.25, 0.3) is 0 Å². The Morgan fingerprint density at radius 3 is 1.59 bits per heavy atom. The van der Waals surface area contributed by atoms with E-state index in [1.54, 1.807) is 72.8 Å². The molecule has 3 aromatic rings. The third-order valence-corrected chi connectivity index (χ3v) is 7.18. The lowest BCUT2D eigenvalue weighted by Gasteiger charge is -2.28. The van der Waals surface area contributed by atoms with Crippen molar-refractivity contribution >= 4 is 33.8 Å². The number of ether oxygens (including phenoxy) is 4. The highest BCUT2D eigenvalue weighted by Crippen LogP contribution is 2.36.